The zero-order chi connectivity index (χ0) is 9.42. The van der Waals surface area contributed by atoms with Gasteiger partial charge in [-0.1, -0.05) is 0 Å². The molecule has 0 amide bonds. The summed E-state index contributed by atoms with van der Waals surface area (Å²) in [6, 6.07) is 2.59. The number of thiophene rings is 1. The Kier molecular flexibility index (Phi) is 2.74. The average molecular weight is 261 g/mol. The first-order chi connectivity index (χ1) is 6.22. The second-order valence-electron chi connectivity index (χ2n) is 3.59. The lowest BCUT2D eigenvalue weighted by Gasteiger charge is -2.11. The molecule has 72 valence electrons. The predicted molar refractivity (Wildman–Crippen MR) is 59.5 cm³/mol. The zero-order valence-electron chi connectivity index (χ0n) is 7.51. The summed E-state index contributed by atoms with van der Waals surface area (Å²) in [4.78, 5) is 1.36. The maximum absolute atomic E-state index is 5.55. The number of hydrogen-bond donors (Lipinski definition) is 2. The van der Waals surface area contributed by atoms with Gasteiger partial charge in [0.15, 0.2) is 0 Å². The third-order valence-electron chi connectivity index (χ3n) is 2.46. The normalized spacial score (nSPS) is 19.0. The van der Waals surface area contributed by atoms with Gasteiger partial charge in [0.2, 0.25) is 0 Å². The van der Waals surface area contributed by atoms with Crippen LogP contribution >= 0.6 is 27.3 Å². The highest BCUT2D eigenvalue weighted by Crippen LogP contribution is 2.43. The van der Waals surface area contributed by atoms with Crippen LogP contribution in [0.3, 0.4) is 0 Å². The minimum absolute atomic E-state index is 0.370. The van der Waals surface area contributed by atoms with E-state index in [0.29, 0.717) is 6.04 Å². The minimum Gasteiger partial charge on any atom is -0.271 e. The van der Waals surface area contributed by atoms with E-state index in [2.05, 4.69) is 34.3 Å². The number of nitrogens with two attached hydrogens (primary N) is 1. The van der Waals surface area contributed by atoms with Crippen LogP contribution in [0.2, 0.25) is 0 Å². The van der Waals surface area contributed by atoms with Crippen molar-refractivity contribution in [2.45, 2.75) is 25.8 Å². The van der Waals surface area contributed by atoms with Crippen LogP contribution in [-0.4, -0.2) is 0 Å². The molecule has 1 aliphatic carbocycles. The van der Waals surface area contributed by atoms with Gasteiger partial charge >= 0.3 is 0 Å². The van der Waals surface area contributed by atoms with Gasteiger partial charge in [-0.25, -0.2) is 0 Å². The lowest BCUT2D eigenvalue weighted by molar-refractivity contribution is 0.504. The van der Waals surface area contributed by atoms with Crippen LogP contribution < -0.4 is 11.3 Å². The number of nitrogens with one attached hydrogen (secondary N) is 1. The summed E-state index contributed by atoms with van der Waals surface area (Å²) >= 11 is 5.32. The second kappa shape index (κ2) is 3.69. The van der Waals surface area contributed by atoms with Gasteiger partial charge in [-0.15, -0.1) is 11.3 Å². The van der Waals surface area contributed by atoms with Crippen molar-refractivity contribution in [3.05, 3.63) is 20.3 Å². The molecule has 0 spiro atoms. The molecule has 3 N–H and O–H groups in total. The maximum atomic E-state index is 5.55. The Hall–Kier alpha value is 0.100. The highest BCUT2D eigenvalue weighted by atomic mass is 79.9. The SMILES string of the molecule is Cc1cc(C(NN)C2CC2)sc1Br. The van der Waals surface area contributed by atoms with E-state index in [-0.39, 0.29) is 0 Å². The number of aryl methyl sites for hydroxylation is 1. The number of rotatable bonds is 3. The van der Waals surface area contributed by atoms with Gasteiger partial charge in [0.05, 0.1) is 9.83 Å². The molecule has 13 heavy (non-hydrogen) atoms. The summed E-state index contributed by atoms with van der Waals surface area (Å²) in [6.45, 7) is 2.12. The number of halogens is 1. The minimum atomic E-state index is 0.370. The molecule has 0 saturated heterocycles. The summed E-state index contributed by atoms with van der Waals surface area (Å²) in [6.07, 6.45) is 2.62. The van der Waals surface area contributed by atoms with Crippen molar-refractivity contribution in [2.75, 3.05) is 0 Å². The van der Waals surface area contributed by atoms with Crippen LogP contribution in [0.5, 0.6) is 0 Å². The standard InChI is InChI=1S/C9H13BrN2S/c1-5-4-7(13-9(5)10)8(12-11)6-2-3-6/h4,6,8,12H,2-3,11H2,1H3. The maximum Gasteiger partial charge on any atom is 0.0731 e. The van der Waals surface area contributed by atoms with Gasteiger partial charge < -0.3 is 0 Å². The van der Waals surface area contributed by atoms with E-state index < -0.39 is 0 Å². The molecule has 1 aliphatic rings. The highest BCUT2D eigenvalue weighted by molar-refractivity contribution is 9.11. The van der Waals surface area contributed by atoms with Crippen LogP contribution in [0, 0.1) is 12.8 Å². The van der Waals surface area contributed by atoms with Crippen LogP contribution in [0.25, 0.3) is 0 Å². The molecule has 0 bridgehead atoms. The van der Waals surface area contributed by atoms with Gasteiger partial charge in [-0.3, -0.25) is 11.3 Å². The summed E-state index contributed by atoms with van der Waals surface area (Å²) in [5, 5.41) is 0. The number of hydrazine groups is 1. The fourth-order valence-corrected chi connectivity index (χ4v) is 3.24. The van der Waals surface area contributed by atoms with Crippen LogP contribution in [0.1, 0.15) is 29.3 Å². The first kappa shape index (κ1) is 9.65. The van der Waals surface area contributed by atoms with Crippen molar-refractivity contribution >= 4 is 27.3 Å². The van der Waals surface area contributed by atoms with E-state index in [1.54, 1.807) is 11.3 Å². The van der Waals surface area contributed by atoms with Crippen LogP contribution in [0.4, 0.5) is 0 Å². The van der Waals surface area contributed by atoms with E-state index in [1.807, 2.05) is 0 Å². The Bertz CT molecular complexity index is 287. The van der Waals surface area contributed by atoms with Crippen molar-refractivity contribution in [3.8, 4) is 0 Å². The van der Waals surface area contributed by atoms with E-state index >= 15 is 0 Å². The molecule has 1 saturated carbocycles. The average Bonchev–Trinajstić information content (AvgIpc) is 2.84. The monoisotopic (exact) mass is 260 g/mol. The van der Waals surface area contributed by atoms with Crippen molar-refractivity contribution in [2.24, 2.45) is 11.8 Å². The fourth-order valence-electron chi connectivity index (χ4n) is 1.52. The Morgan fingerprint density at radius 1 is 1.69 bits per heavy atom. The van der Waals surface area contributed by atoms with Gasteiger partial charge in [0, 0.05) is 4.88 Å². The van der Waals surface area contributed by atoms with Crippen LogP contribution in [0.15, 0.2) is 9.85 Å². The predicted octanol–water partition coefficient (Wildman–Crippen LogP) is 2.73. The third kappa shape index (κ3) is 1.96. The summed E-state index contributed by atoms with van der Waals surface area (Å²) < 4.78 is 1.23. The third-order valence-corrected chi connectivity index (χ3v) is 4.68. The van der Waals surface area contributed by atoms with E-state index in [0.717, 1.165) is 5.92 Å². The van der Waals surface area contributed by atoms with E-state index in [4.69, 9.17) is 5.84 Å². The molecule has 1 unspecified atom stereocenters. The smallest absolute Gasteiger partial charge is 0.0731 e. The van der Waals surface area contributed by atoms with Crippen molar-refractivity contribution in [3.63, 3.8) is 0 Å². The Morgan fingerprint density at radius 3 is 2.77 bits per heavy atom. The van der Waals surface area contributed by atoms with Crippen molar-refractivity contribution < 1.29 is 0 Å². The molecule has 0 radical (unpaired) electrons. The first-order valence-electron chi connectivity index (χ1n) is 4.44. The van der Waals surface area contributed by atoms with Crippen molar-refractivity contribution in [1.29, 1.82) is 0 Å². The topological polar surface area (TPSA) is 38.0 Å². The van der Waals surface area contributed by atoms with Crippen LogP contribution in [-0.2, 0) is 0 Å². The second-order valence-corrected chi connectivity index (χ2v) is 5.99. The molecule has 1 aromatic rings. The summed E-state index contributed by atoms with van der Waals surface area (Å²) in [5.74, 6) is 6.31. The molecule has 4 heteroatoms. The van der Waals surface area contributed by atoms with Gasteiger partial charge in [-0.2, -0.15) is 0 Å². The zero-order valence-corrected chi connectivity index (χ0v) is 9.91. The highest BCUT2D eigenvalue weighted by Gasteiger charge is 2.32. The largest absolute Gasteiger partial charge is 0.271 e. The molecule has 0 aromatic carbocycles. The fraction of sp³-hybridized carbons (Fsp3) is 0.556. The molecule has 2 rings (SSSR count). The lowest BCUT2D eigenvalue weighted by atomic mass is 10.1. The Balaban J connectivity index is 2.21. The molecule has 1 fully saturated rings. The molecule has 0 aliphatic heterocycles. The molecule has 2 nitrogen and oxygen atoms in total. The molecular formula is C9H13BrN2S. The Morgan fingerprint density at radius 2 is 2.38 bits per heavy atom. The summed E-state index contributed by atoms with van der Waals surface area (Å²) in [7, 11) is 0. The van der Waals surface area contributed by atoms with Crippen molar-refractivity contribution in [1.82, 2.24) is 5.43 Å². The molecular weight excluding hydrogens is 248 g/mol. The Labute approximate surface area is 90.6 Å². The van der Waals surface area contributed by atoms with E-state index in [1.165, 1.54) is 27.1 Å². The molecule has 1 atom stereocenters. The van der Waals surface area contributed by atoms with E-state index in [9.17, 15) is 0 Å². The molecule has 1 aromatic heterocycles. The summed E-state index contributed by atoms with van der Waals surface area (Å²) in [5.41, 5.74) is 4.22. The molecule has 1 heterocycles. The first-order valence-corrected chi connectivity index (χ1v) is 6.05. The van der Waals surface area contributed by atoms with Gasteiger partial charge in [0.1, 0.15) is 0 Å². The van der Waals surface area contributed by atoms with Gasteiger partial charge in [0.25, 0.3) is 0 Å². The lowest BCUT2D eigenvalue weighted by Crippen LogP contribution is -2.28. The quantitative estimate of drug-likeness (QED) is 0.648. The van der Waals surface area contributed by atoms with Gasteiger partial charge in [-0.05, 0) is 53.2 Å². The number of hydrogen-bond acceptors (Lipinski definition) is 3.